The summed E-state index contributed by atoms with van der Waals surface area (Å²) in [4.78, 5) is 16.8. The molecule has 40 heavy (non-hydrogen) atoms. The van der Waals surface area contributed by atoms with Crippen LogP contribution in [-0.4, -0.2) is 29.1 Å². The summed E-state index contributed by atoms with van der Waals surface area (Å²) in [6.45, 7) is 0.715. The zero-order chi connectivity index (χ0) is 28.3. The monoisotopic (exact) mass is 570 g/mol. The number of carbonyl (C=O) groups is 1. The molecule has 0 saturated heterocycles. The van der Waals surface area contributed by atoms with Crippen molar-refractivity contribution >= 4 is 29.0 Å². The number of anilines is 2. The Morgan fingerprint density at radius 3 is 2.70 bits per heavy atom. The van der Waals surface area contributed by atoms with E-state index in [1.54, 1.807) is 24.4 Å². The average Bonchev–Trinajstić information content (AvgIpc) is 3.38. The molecule has 1 aromatic heterocycles. The van der Waals surface area contributed by atoms with Gasteiger partial charge in [-0.1, -0.05) is 29.8 Å². The van der Waals surface area contributed by atoms with E-state index < -0.39 is 22.7 Å². The fourth-order valence-corrected chi connectivity index (χ4v) is 4.82. The number of aliphatic hydroxyl groups is 1. The van der Waals surface area contributed by atoms with Crippen LogP contribution >= 0.6 is 11.6 Å². The number of halogens is 4. The highest BCUT2D eigenvalue weighted by atomic mass is 35.5. The number of hydrogen-bond donors (Lipinski definition) is 3. The van der Waals surface area contributed by atoms with Crippen LogP contribution in [0, 0.1) is 5.92 Å². The zero-order valence-electron chi connectivity index (χ0n) is 21.2. The van der Waals surface area contributed by atoms with E-state index in [2.05, 4.69) is 15.7 Å². The zero-order valence-corrected chi connectivity index (χ0v) is 22.0. The molecular formula is C29H26ClF3N4O3. The summed E-state index contributed by atoms with van der Waals surface area (Å²) in [6.07, 6.45) is 2.42. The summed E-state index contributed by atoms with van der Waals surface area (Å²) in [6, 6.07) is 14.1. The number of alkyl halides is 3. The molecule has 1 amide bonds. The van der Waals surface area contributed by atoms with Gasteiger partial charge in [0.25, 0.3) is 0 Å². The smallest absolute Gasteiger partial charge is 0.417 e. The van der Waals surface area contributed by atoms with Gasteiger partial charge in [0.1, 0.15) is 11.5 Å². The largest absolute Gasteiger partial charge is 0.457 e. The third kappa shape index (κ3) is 6.40. The maximum absolute atomic E-state index is 13.1. The first kappa shape index (κ1) is 27.5. The molecule has 0 fully saturated rings. The van der Waals surface area contributed by atoms with Crippen molar-refractivity contribution in [3.63, 3.8) is 0 Å². The van der Waals surface area contributed by atoms with E-state index in [-0.39, 0.29) is 24.6 Å². The lowest BCUT2D eigenvalue weighted by molar-refractivity contribution is -0.137. The second-order valence-corrected chi connectivity index (χ2v) is 9.90. The number of hydrazine groups is 1. The van der Waals surface area contributed by atoms with E-state index in [1.165, 1.54) is 6.07 Å². The van der Waals surface area contributed by atoms with E-state index in [1.807, 2.05) is 35.4 Å². The van der Waals surface area contributed by atoms with Crippen molar-refractivity contribution in [2.24, 2.45) is 5.92 Å². The van der Waals surface area contributed by atoms with Crippen molar-refractivity contribution in [2.75, 3.05) is 23.5 Å². The number of nitrogens with zero attached hydrogens (tertiary/aromatic N) is 2. The molecule has 208 valence electrons. The summed E-state index contributed by atoms with van der Waals surface area (Å²) < 4.78 is 45.2. The van der Waals surface area contributed by atoms with E-state index in [9.17, 15) is 23.1 Å². The normalized spacial score (nSPS) is 16.5. The summed E-state index contributed by atoms with van der Waals surface area (Å²) in [5.74, 6) is 1.57. The Kier molecular flexibility index (Phi) is 7.99. The molecule has 2 aromatic carbocycles. The molecule has 2 heterocycles. The highest BCUT2D eigenvalue weighted by Crippen LogP contribution is 2.36. The van der Waals surface area contributed by atoms with Gasteiger partial charge in [-0.3, -0.25) is 15.2 Å². The Balaban J connectivity index is 1.14. The van der Waals surface area contributed by atoms with Gasteiger partial charge in [-0.25, -0.2) is 4.98 Å². The number of aryl methyl sites for hydroxylation is 1. The van der Waals surface area contributed by atoms with E-state index in [0.717, 1.165) is 35.4 Å². The van der Waals surface area contributed by atoms with Gasteiger partial charge in [0.15, 0.2) is 5.82 Å². The lowest BCUT2D eigenvalue weighted by atomic mass is 9.91. The van der Waals surface area contributed by atoms with Crippen LogP contribution in [0.2, 0.25) is 5.02 Å². The maximum atomic E-state index is 13.1. The van der Waals surface area contributed by atoms with Crippen LogP contribution < -0.4 is 20.5 Å². The fraction of sp³-hybridized carbons (Fsp3) is 0.241. The van der Waals surface area contributed by atoms with Gasteiger partial charge in [-0.05, 0) is 66.5 Å². The number of pyridine rings is 1. The molecule has 3 aromatic rings. The van der Waals surface area contributed by atoms with Crippen LogP contribution in [0.15, 0.2) is 84.2 Å². The Morgan fingerprint density at radius 1 is 1.15 bits per heavy atom. The minimum absolute atomic E-state index is 0.0342. The number of allylic oxidation sites excluding steroid dienone is 2. The number of hydrogen-bond acceptors (Lipinski definition) is 6. The molecule has 2 aliphatic rings. The van der Waals surface area contributed by atoms with Crippen LogP contribution in [0.3, 0.4) is 0 Å². The molecule has 3 N–H and O–H groups in total. The van der Waals surface area contributed by atoms with Crippen molar-refractivity contribution < 1.29 is 27.8 Å². The topological polar surface area (TPSA) is 86.7 Å². The predicted octanol–water partition coefficient (Wildman–Crippen LogP) is 6.26. The summed E-state index contributed by atoms with van der Waals surface area (Å²) in [7, 11) is 0. The SMILES string of the molecule is O=C(CCc1ccc(Oc2ccnc(N3CC4=C(C=CCC4CO)N3)c2)cc1)Nc1ccc(Cl)c(C(F)(F)F)c1. The number of nitrogens with one attached hydrogen (secondary N) is 2. The molecule has 1 aliphatic carbocycles. The first-order valence-corrected chi connectivity index (χ1v) is 13.0. The third-order valence-electron chi connectivity index (χ3n) is 6.70. The number of amides is 1. The van der Waals surface area contributed by atoms with Gasteiger partial charge in [0.05, 0.1) is 29.4 Å². The van der Waals surface area contributed by atoms with Crippen molar-refractivity contribution in [2.45, 2.75) is 25.4 Å². The van der Waals surface area contributed by atoms with E-state index in [0.29, 0.717) is 30.3 Å². The number of rotatable bonds is 8. The molecule has 5 rings (SSSR count). The molecule has 1 unspecified atom stereocenters. The first-order valence-electron chi connectivity index (χ1n) is 12.6. The fourth-order valence-electron chi connectivity index (χ4n) is 4.59. The van der Waals surface area contributed by atoms with E-state index >= 15 is 0 Å². The number of aliphatic hydroxyl groups excluding tert-OH is 1. The Bertz CT molecular complexity index is 1460. The van der Waals surface area contributed by atoms with Gasteiger partial charge < -0.3 is 15.2 Å². The summed E-state index contributed by atoms with van der Waals surface area (Å²) in [5.41, 5.74) is 5.38. The minimum atomic E-state index is -4.61. The second-order valence-electron chi connectivity index (χ2n) is 9.49. The molecule has 0 radical (unpaired) electrons. The highest BCUT2D eigenvalue weighted by molar-refractivity contribution is 6.31. The predicted molar refractivity (Wildman–Crippen MR) is 146 cm³/mol. The van der Waals surface area contributed by atoms with Crippen LogP contribution in [0.1, 0.15) is 24.0 Å². The molecule has 0 bridgehead atoms. The number of ether oxygens (including phenoxy) is 1. The van der Waals surface area contributed by atoms with Crippen LogP contribution in [-0.2, 0) is 17.4 Å². The lowest BCUT2D eigenvalue weighted by Gasteiger charge is -2.19. The van der Waals surface area contributed by atoms with Crippen LogP contribution in [0.25, 0.3) is 0 Å². The molecule has 1 aliphatic heterocycles. The minimum Gasteiger partial charge on any atom is -0.457 e. The van der Waals surface area contributed by atoms with Crippen molar-refractivity contribution in [1.29, 1.82) is 0 Å². The molecule has 1 atom stereocenters. The average molecular weight is 571 g/mol. The highest BCUT2D eigenvalue weighted by Gasteiger charge is 2.33. The molecular weight excluding hydrogens is 545 g/mol. The van der Waals surface area contributed by atoms with Gasteiger partial charge in [0.2, 0.25) is 5.91 Å². The number of benzene rings is 2. The van der Waals surface area contributed by atoms with Crippen LogP contribution in [0.5, 0.6) is 11.5 Å². The Morgan fingerprint density at radius 2 is 1.95 bits per heavy atom. The van der Waals surface area contributed by atoms with E-state index in [4.69, 9.17) is 16.3 Å². The molecule has 0 spiro atoms. The van der Waals surface area contributed by atoms with Crippen molar-refractivity contribution in [3.8, 4) is 11.5 Å². The Labute approximate surface area is 233 Å². The summed E-state index contributed by atoms with van der Waals surface area (Å²) in [5, 5.41) is 13.7. The van der Waals surface area contributed by atoms with Gasteiger partial charge >= 0.3 is 6.18 Å². The summed E-state index contributed by atoms with van der Waals surface area (Å²) >= 11 is 5.63. The number of aromatic nitrogens is 1. The van der Waals surface area contributed by atoms with Gasteiger partial charge in [0, 0.05) is 30.3 Å². The molecule has 11 heteroatoms. The maximum Gasteiger partial charge on any atom is 0.417 e. The second kappa shape index (κ2) is 11.6. The third-order valence-corrected chi connectivity index (χ3v) is 7.03. The van der Waals surface area contributed by atoms with Crippen molar-refractivity contribution in [3.05, 3.63) is 100 Å². The Hall–Kier alpha value is -4.02. The molecule has 7 nitrogen and oxygen atoms in total. The number of carbonyl (C=O) groups excluding carboxylic acids is 1. The quantitative estimate of drug-likeness (QED) is 0.296. The lowest BCUT2D eigenvalue weighted by Crippen LogP contribution is -2.32. The van der Waals surface area contributed by atoms with Gasteiger partial charge in [-0.15, -0.1) is 0 Å². The first-order chi connectivity index (χ1) is 19.2. The van der Waals surface area contributed by atoms with Crippen molar-refractivity contribution in [1.82, 2.24) is 10.4 Å². The standard InChI is InChI=1S/C29H26ClF3N4O3/c30-25-10-7-20(14-24(25)29(31,32)33)35-28(39)11-6-18-4-8-21(9-5-18)40-22-12-13-34-27(15-22)37-16-23-19(17-38)2-1-3-26(23)36-37/h1,3-5,7-10,12-15,19,36,38H,2,6,11,16-17H2,(H,35,39). The van der Waals surface area contributed by atoms with Crippen LogP contribution in [0.4, 0.5) is 24.7 Å². The molecule has 0 saturated carbocycles. The van der Waals surface area contributed by atoms with Gasteiger partial charge in [-0.2, -0.15) is 13.2 Å².